The molecule has 132 valence electrons. The van der Waals surface area contributed by atoms with Gasteiger partial charge < -0.3 is 19.2 Å². The largest absolute Gasteiger partial charge is 0.461 e. The van der Waals surface area contributed by atoms with Crippen molar-refractivity contribution < 1.29 is 18.5 Å². The Balaban J connectivity index is 1.35. The van der Waals surface area contributed by atoms with Crippen LogP contribution < -0.4 is 10.2 Å². The number of amides is 2. The molecule has 2 aromatic heterocycles. The molecule has 0 aliphatic carbocycles. The Hall–Kier alpha value is -3.35. The van der Waals surface area contributed by atoms with E-state index in [1.54, 1.807) is 29.4 Å². The molecule has 2 amide bonds. The number of nitrogens with zero attached hydrogens (tertiary/aromatic N) is 2. The summed E-state index contributed by atoms with van der Waals surface area (Å²) in [6.45, 7) is 0.615. The first-order valence-corrected chi connectivity index (χ1v) is 8.33. The fraction of sp³-hybridized carbons (Fsp3) is 0.211. The van der Waals surface area contributed by atoms with Gasteiger partial charge in [0.25, 0.3) is 0 Å². The van der Waals surface area contributed by atoms with Crippen LogP contribution in [0.4, 0.5) is 5.69 Å². The van der Waals surface area contributed by atoms with E-state index in [4.69, 9.17) is 8.94 Å². The maximum absolute atomic E-state index is 12.4. The topological polar surface area (TPSA) is 88.6 Å². The van der Waals surface area contributed by atoms with Gasteiger partial charge in [0.05, 0.1) is 18.7 Å². The van der Waals surface area contributed by atoms with Gasteiger partial charge >= 0.3 is 0 Å². The van der Waals surface area contributed by atoms with E-state index in [0.29, 0.717) is 23.8 Å². The van der Waals surface area contributed by atoms with Crippen LogP contribution in [0.15, 0.2) is 63.7 Å². The highest BCUT2D eigenvalue weighted by Crippen LogP contribution is 2.25. The highest BCUT2D eigenvalue weighted by atomic mass is 16.5. The lowest BCUT2D eigenvalue weighted by molar-refractivity contribution is -0.126. The van der Waals surface area contributed by atoms with E-state index in [1.807, 2.05) is 30.3 Å². The molecule has 1 saturated heterocycles. The fourth-order valence-electron chi connectivity index (χ4n) is 2.99. The van der Waals surface area contributed by atoms with Crippen LogP contribution in [0.3, 0.4) is 0 Å². The number of benzene rings is 1. The van der Waals surface area contributed by atoms with Crippen LogP contribution >= 0.6 is 0 Å². The van der Waals surface area contributed by atoms with Gasteiger partial charge in [-0.05, 0) is 24.3 Å². The van der Waals surface area contributed by atoms with Crippen molar-refractivity contribution in [2.45, 2.75) is 13.0 Å². The smallest absolute Gasteiger partial charge is 0.227 e. The lowest BCUT2D eigenvalue weighted by Crippen LogP contribution is -2.32. The van der Waals surface area contributed by atoms with Crippen LogP contribution in [-0.4, -0.2) is 23.5 Å². The van der Waals surface area contributed by atoms with Crippen molar-refractivity contribution in [3.63, 3.8) is 0 Å². The second-order valence-electron chi connectivity index (χ2n) is 6.12. The molecule has 3 aromatic rings. The predicted molar refractivity (Wildman–Crippen MR) is 93.0 cm³/mol. The molecule has 0 radical (unpaired) electrons. The van der Waals surface area contributed by atoms with Crippen molar-refractivity contribution in [3.8, 4) is 11.5 Å². The zero-order chi connectivity index (χ0) is 17.9. The van der Waals surface area contributed by atoms with Gasteiger partial charge in [-0.1, -0.05) is 23.4 Å². The number of para-hydroxylation sites is 1. The van der Waals surface area contributed by atoms with Gasteiger partial charge in [0.15, 0.2) is 5.76 Å². The summed E-state index contributed by atoms with van der Waals surface area (Å²) in [6, 6.07) is 14.6. The Bertz CT molecular complexity index is 902. The summed E-state index contributed by atoms with van der Waals surface area (Å²) in [7, 11) is 0. The quantitative estimate of drug-likeness (QED) is 0.763. The second-order valence-corrected chi connectivity index (χ2v) is 6.12. The maximum atomic E-state index is 12.4. The molecule has 7 heteroatoms. The maximum Gasteiger partial charge on any atom is 0.227 e. The molecule has 1 aliphatic heterocycles. The number of anilines is 1. The molecule has 1 atom stereocenters. The molecule has 0 bridgehead atoms. The van der Waals surface area contributed by atoms with Gasteiger partial charge in [0.1, 0.15) is 5.69 Å². The summed E-state index contributed by atoms with van der Waals surface area (Å²) >= 11 is 0. The first-order chi connectivity index (χ1) is 12.7. The Morgan fingerprint density at radius 1 is 1.19 bits per heavy atom. The first-order valence-electron chi connectivity index (χ1n) is 8.33. The van der Waals surface area contributed by atoms with Gasteiger partial charge in [-0.25, -0.2) is 0 Å². The molecule has 1 aliphatic rings. The fourth-order valence-corrected chi connectivity index (χ4v) is 2.99. The minimum Gasteiger partial charge on any atom is -0.461 e. The number of nitrogens with one attached hydrogen (secondary N) is 1. The molecule has 1 fully saturated rings. The lowest BCUT2D eigenvalue weighted by Gasteiger charge is -2.16. The van der Waals surface area contributed by atoms with Crippen molar-refractivity contribution in [2.24, 2.45) is 5.92 Å². The van der Waals surface area contributed by atoms with Crippen molar-refractivity contribution in [3.05, 3.63) is 60.5 Å². The van der Waals surface area contributed by atoms with Gasteiger partial charge in [-0.2, -0.15) is 0 Å². The Kier molecular flexibility index (Phi) is 4.27. The Morgan fingerprint density at radius 3 is 2.81 bits per heavy atom. The normalized spacial score (nSPS) is 16.8. The standard InChI is InChI=1S/C19H17N3O4/c23-18-9-13(12-22(18)15-5-2-1-3-6-15)19(24)20-11-14-10-17(26-21-14)16-7-4-8-25-16/h1-8,10,13H,9,11-12H2,(H,20,24). The first kappa shape index (κ1) is 16.1. The Morgan fingerprint density at radius 2 is 2.04 bits per heavy atom. The van der Waals surface area contributed by atoms with Crippen LogP contribution in [0, 0.1) is 5.92 Å². The van der Waals surface area contributed by atoms with Gasteiger partial charge in [0, 0.05) is 24.7 Å². The number of aromatic nitrogens is 1. The highest BCUT2D eigenvalue weighted by molar-refractivity contribution is 6.00. The van der Waals surface area contributed by atoms with Crippen LogP contribution in [0.2, 0.25) is 0 Å². The van der Waals surface area contributed by atoms with Crippen LogP contribution in [0.25, 0.3) is 11.5 Å². The van der Waals surface area contributed by atoms with Crippen molar-refractivity contribution in [1.29, 1.82) is 0 Å². The zero-order valence-corrected chi connectivity index (χ0v) is 13.9. The summed E-state index contributed by atoms with van der Waals surface area (Å²) in [5.74, 6) is 0.497. The average molecular weight is 351 g/mol. The SMILES string of the molecule is O=C(NCc1cc(-c2ccco2)on1)C1CC(=O)N(c2ccccc2)C1. The zero-order valence-electron chi connectivity index (χ0n) is 13.9. The molecule has 7 nitrogen and oxygen atoms in total. The average Bonchev–Trinajstić information content (AvgIpc) is 3.40. The van der Waals surface area contributed by atoms with E-state index in [9.17, 15) is 9.59 Å². The summed E-state index contributed by atoms with van der Waals surface area (Å²) in [5, 5.41) is 6.74. The molecular formula is C19H17N3O4. The van der Waals surface area contributed by atoms with Gasteiger partial charge in [-0.15, -0.1) is 0 Å². The van der Waals surface area contributed by atoms with Gasteiger partial charge in [0.2, 0.25) is 17.6 Å². The van der Waals surface area contributed by atoms with Crippen LogP contribution in [0.5, 0.6) is 0 Å². The third kappa shape index (κ3) is 3.23. The van der Waals surface area contributed by atoms with E-state index in [-0.39, 0.29) is 30.7 Å². The molecule has 0 spiro atoms. The van der Waals surface area contributed by atoms with Gasteiger partial charge in [-0.3, -0.25) is 9.59 Å². The van der Waals surface area contributed by atoms with E-state index in [1.165, 1.54) is 0 Å². The lowest BCUT2D eigenvalue weighted by atomic mass is 10.1. The number of carbonyl (C=O) groups is 2. The summed E-state index contributed by atoms with van der Waals surface area (Å²) in [4.78, 5) is 26.3. The minimum absolute atomic E-state index is 0.0436. The molecule has 3 heterocycles. The molecule has 4 rings (SSSR count). The molecular weight excluding hydrogens is 334 g/mol. The van der Waals surface area contributed by atoms with Crippen LogP contribution in [-0.2, 0) is 16.1 Å². The van der Waals surface area contributed by atoms with Crippen molar-refractivity contribution in [1.82, 2.24) is 10.5 Å². The summed E-state index contributed by atoms with van der Waals surface area (Å²) in [5.41, 5.74) is 1.40. The summed E-state index contributed by atoms with van der Waals surface area (Å²) < 4.78 is 10.4. The van der Waals surface area contributed by atoms with E-state index in [0.717, 1.165) is 5.69 Å². The third-order valence-electron chi connectivity index (χ3n) is 4.33. The molecule has 1 N–H and O–H groups in total. The van der Waals surface area contributed by atoms with Crippen molar-refractivity contribution in [2.75, 3.05) is 11.4 Å². The number of rotatable bonds is 5. The molecule has 1 unspecified atom stereocenters. The number of carbonyl (C=O) groups excluding carboxylic acids is 2. The van der Waals surface area contributed by atoms with Crippen molar-refractivity contribution >= 4 is 17.5 Å². The van der Waals surface area contributed by atoms with E-state index in [2.05, 4.69) is 10.5 Å². The summed E-state index contributed by atoms with van der Waals surface area (Å²) in [6.07, 6.45) is 1.76. The third-order valence-corrected chi connectivity index (χ3v) is 4.33. The van der Waals surface area contributed by atoms with Crippen LogP contribution in [0.1, 0.15) is 12.1 Å². The minimum atomic E-state index is -0.376. The highest BCUT2D eigenvalue weighted by Gasteiger charge is 2.35. The monoisotopic (exact) mass is 351 g/mol. The predicted octanol–water partition coefficient (Wildman–Crippen LogP) is 2.60. The number of furan rings is 1. The molecule has 1 aromatic carbocycles. The van der Waals surface area contributed by atoms with E-state index >= 15 is 0 Å². The molecule has 0 saturated carbocycles. The second kappa shape index (κ2) is 6.87. The number of hydrogen-bond donors (Lipinski definition) is 1. The Labute approximate surface area is 149 Å². The van der Waals surface area contributed by atoms with E-state index < -0.39 is 0 Å². The molecule has 26 heavy (non-hydrogen) atoms. The number of hydrogen-bond acceptors (Lipinski definition) is 5.